The molecule has 2 aliphatic rings. The van der Waals surface area contributed by atoms with Gasteiger partial charge in [0.15, 0.2) is 11.6 Å². The Hall–Kier alpha value is -2.29. The Morgan fingerprint density at radius 2 is 1.97 bits per heavy atom. The lowest BCUT2D eigenvalue weighted by Crippen LogP contribution is -2.50. The number of amides is 1. The zero-order valence-corrected chi connectivity index (χ0v) is 16.5. The third-order valence-corrected chi connectivity index (χ3v) is 6.13. The average Bonchev–Trinajstić information content (AvgIpc) is 3.30. The third kappa shape index (κ3) is 3.80. The molecule has 2 aliphatic heterocycles. The highest BCUT2D eigenvalue weighted by molar-refractivity contribution is 5.83. The Morgan fingerprint density at radius 3 is 2.66 bits per heavy atom. The van der Waals surface area contributed by atoms with Crippen molar-refractivity contribution in [2.75, 3.05) is 31.1 Å². The molecule has 29 heavy (non-hydrogen) atoms. The average molecular weight is 409 g/mol. The van der Waals surface area contributed by atoms with Gasteiger partial charge in [0.1, 0.15) is 12.7 Å². The number of imidazole rings is 1. The molecule has 4 rings (SSSR count). The Kier molecular flexibility index (Phi) is 5.42. The first-order valence-electron chi connectivity index (χ1n) is 10.1. The van der Waals surface area contributed by atoms with E-state index in [1.54, 1.807) is 9.47 Å². The Labute approximate surface area is 167 Å². The Balaban J connectivity index is 1.68. The predicted octanol–water partition coefficient (Wildman–Crippen LogP) is 2.45. The van der Waals surface area contributed by atoms with Gasteiger partial charge < -0.3 is 20.1 Å². The molecule has 0 saturated carbocycles. The molecule has 6 nitrogen and oxygen atoms in total. The number of halogens is 3. The van der Waals surface area contributed by atoms with Gasteiger partial charge in [-0.2, -0.15) is 0 Å². The zero-order valence-electron chi connectivity index (χ0n) is 16.5. The van der Waals surface area contributed by atoms with Crippen molar-refractivity contribution in [1.29, 1.82) is 0 Å². The van der Waals surface area contributed by atoms with Crippen LogP contribution in [0.2, 0.25) is 0 Å². The first-order valence-corrected chi connectivity index (χ1v) is 10.1. The first-order chi connectivity index (χ1) is 13.9. The molecular weight excluding hydrogens is 383 g/mol. The number of benzene rings is 1. The molecular formula is C20H26F3N5O. The van der Waals surface area contributed by atoms with Gasteiger partial charge in [-0.05, 0) is 18.8 Å². The summed E-state index contributed by atoms with van der Waals surface area (Å²) in [6, 6.07) is 1.42. The second-order valence-electron chi connectivity index (χ2n) is 8.07. The minimum absolute atomic E-state index is 0.0296. The smallest absolute Gasteiger partial charge is 0.242 e. The Bertz CT molecular complexity index is 917. The third-order valence-electron chi connectivity index (χ3n) is 6.13. The number of aromatic nitrogens is 2. The number of anilines is 1. The molecule has 2 fully saturated rings. The Morgan fingerprint density at radius 1 is 1.21 bits per heavy atom. The van der Waals surface area contributed by atoms with E-state index in [1.165, 1.54) is 0 Å². The number of nitrogens with two attached hydrogens (primary N) is 1. The van der Waals surface area contributed by atoms with Gasteiger partial charge in [0.2, 0.25) is 11.9 Å². The van der Waals surface area contributed by atoms with Gasteiger partial charge in [-0.1, -0.05) is 13.3 Å². The molecule has 3 heterocycles. The molecule has 158 valence electrons. The summed E-state index contributed by atoms with van der Waals surface area (Å²) in [6.45, 7) is 4.08. The molecule has 1 aromatic heterocycles. The lowest BCUT2D eigenvalue weighted by atomic mass is 10.1. The van der Waals surface area contributed by atoms with E-state index in [9.17, 15) is 18.0 Å². The van der Waals surface area contributed by atoms with E-state index in [2.05, 4.69) is 11.9 Å². The molecule has 0 radical (unpaired) electrons. The molecule has 9 heteroatoms. The zero-order chi connectivity index (χ0) is 20.7. The van der Waals surface area contributed by atoms with Crippen molar-refractivity contribution in [3.05, 3.63) is 23.8 Å². The number of alkyl halides is 1. The summed E-state index contributed by atoms with van der Waals surface area (Å²) in [5.74, 6) is -1.19. The number of rotatable bonds is 4. The molecule has 2 N–H and O–H groups in total. The fourth-order valence-corrected chi connectivity index (χ4v) is 4.27. The predicted molar refractivity (Wildman–Crippen MR) is 104 cm³/mol. The molecule has 2 saturated heterocycles. The van der Waals surface area contributed by atoms with E-state index in [4.69, 9.17) is 5.73 Å². The highest BCUT2D eigenvalue weighted by Gasteiger charge is 2.31. The van der Waals surface area contributed by atoms with E-state index >= 15 is 0 Å². The van der Waals surface area contributed by atoms with Gasteiger partial charge in [0.25, 0.3) is 0 Å². The topological polar surface area (TPSA) is 67.4 Å². The number of hydrogen-bond acceptors (Lipinski definition) is 4. The van der Waals surface area contributed by atoms with Crippen molar-refractivity contribution in [3.8, 4) is 0 Å². The van der Waals surface area contributed by atoms with Gasteiger partial charge in [0.05, 0.1) is 17.1 Å². The van der Waals surface area contributed by atoms with Crippen LogP contribution in [0.3, 0.4) is 0 Å². The van der Waals surface area contributed by atoms with Crippen LogP contribution in [0.4, 0.5) is 19.1 Å². The largest absolute Gasteiger partial charge is 0.341 e. The van der Waals surface area contributed by atoms with Crippen LogP contribution in [0.1, 0.15) is 26.2 Å². The highest BCUT2D eigenvalue weighted by atomic mass is 19.2. The van der Waals surface area contributed by atoms with Crippen LogP contribution in [0, 0.1) is 17.6 Å². The standard InChI is InChI=1S/C20H26F3N5O/c1-2-12-3-5-26(9-12)19(29)11-28-18-8-15(23)14(22)7-17(18)25-20(28)27-6-4-13(21)16(24)10-27/h7-8,12-13,16H,2-6,9-11,24H2,1H3/t12?,13-,16-/m1/s1. The molecule has 0 aliphatic carbocycles. The summed E-state index contributed by atoms with van der Waals surface area (Å²) in [6.07, 6.45) is 1.13. The number of carbonyl (C=O) groups is 1. The number of fused-ring (bicyclic) bond motifs is 1. The lowest BCUT2D eigenvalue weighted by Gasteiger charge is -2.34. The highest BCUT2D eigenvalue weighted by Crippen LogP contribution is 2.28. The number of likely N-dealkylation sites (tertiary alicyclic amines) is 1. The molecule has 1 amide bonds. The quantitative estimate of drug-likeness (QED) is 0.843. The maximum Gasteiger partial charge on any atom is 0.242 e. The minimum Gasteiger partial charge on any atom is -0.341 e. The molecule has 0 bridgehead atoms. The molecule has 1 aromatic carbocycles. The fraction of sp³-hybridized carbons (Fsp3) is 0.600. The van der Waals surface area contributed by atoms with Crippen LogP contribution < -0.4 is 10.6 Å². The summed E-state index contributed by atoms with van der Waals surface area (Å²) in [5.41, 5.74) is 6.48. The number of hydrogen-bond donors (Lipinski definition) is 1. The van der Waals surface area contributed by atoms with Gasteiger partial charge >= 0.3 is 0 Å². The summed E-state index contributed by atoms with van der Waals surface area (Å²) in [7, 11) is 0. The van der Waals surface area contributed by atoms with Crippen LogP contribution >= 0.6 is 0 Å². The minimum atomic E-state index is -1.10. The van der Waals surface area contributed by atoms with E-state index in [0.29, 0.717) is 37.0 Å². The van der Waals surface area contributed by atoms with Crippen LogP contribution in [0.5, 0.6) is 0 Å². The number of carbonyl (C=O) groups excluding carboxylic acids is 1. The molecule has 1 unspecified atom stereocenters. The van der Waals surface area contributed by atoms with Crippen molar-refractivity contribution in [2.24, 2.45) is 11.7 Å². The molecule has 0 spiro atoms. The maximum absolute atomic E-state index is 13.9. The lowest BCUT2D eigenvalue weighted by molar-refractivity contribution is -0.130. The normalized spacial score (nSPS) is 25.2. The van der Waals surface area contributed by atoms with Crippen molar-refractivity contribution in [2.45, 2.75) is 44.9 Å². The van der Waals surface area contributed by atoms with Crippen molar-refractivity contribution >= 4 is 22.9 Å². The van der Waals surface area contributed by atoms with Crippen LogP contribution in [0.25, 0.3) is 11.0 Å². The first kappa shape index (κ1) is 20.0. The summed E-state index contributed by atoms with van der Waals surface area (Å²) in [5, 5.41) is 0. The SMILES string of the molecule is CCC1CCN(C(=O)Cn2c(N3CC[C@@H](F)[C@H](N)C3)nc3cc(F)c(F)cc32)C1. The maximum atomic E-state index is 13.9. The van der Waals surface area contributed by atoms with Crippen LogP contribution in [-0.2, 0) is 11.3 Å². The van der Waals surface area contributed by atoms with Crippen LogP contribution in [-0.4, -0.2) is 58.8 Å². The van der Waals surface area contributed by atoms with Crippen molar-refractivity contribution < 1.29 is 18.0 Å². The summed E-state index contributed by atoms with van der Waals surface area (Å²) in [4.78, 5) is 21.0. The van der Waals surface area contributed by atoms with Gasteiger partial charge in [-0.3, -0.25) is 4.79 Å². The van der Waals surface area contributed by atoms with Gasteiger partial charge in [-0.25, -0.2) is 18.2 Å². The van der Waals surface area contributed by atoms with Crippen LogP contribution in [0.15, 0.2) is 12.1 Å². The fourth-order valence-electron chi connectivity index (χ4n) is 4.27. The van der Waals surface area contributed by atoms with E-state index in [-0.39, 0.29) is 30.9 Å². The molecule has 3 atom stereocenters. The number of piperidine rings is 1. The second kappa shape index (κ2) is 7.85. The second-order valence-corrected chi connectivity index (χ2v) is 8.07. The van der Waals surface area contributed by atoms with E-state index < -0.39 is 23.8 Å². The van der Waals surface area contributed by atoms with Gasteiger partial charge in [0, 0.05) is 38.3 Å². The summed E-state index contributed by atoms with van der Waals surface area (Å²) < 4.78 is 43.1. The van der Waals surface area contributed by atoms with E-state index in [1.807, 2.05) is 4.90 Å². The van der Waals surface area contributed by atoms with E-state index in [0.717, 1.165) is 25.0 Å². The van der Waals surface area contributed by atoms with Crippen molar-refractivity contribution in [1.82, 2.24) is 14.5 Å². The summed E-state index contributed by atoms with van der Waals surface area (Å²) >= 11 is 0. The molecule has 2 aromatic rings. The monoisotopic (exact) mass is 409 g/mol. The van der Waals surface area contributed by atoms with Crippen molar-refractivity contribution in [3.63, 3.8) is 0 Å². The number of nitrogens with zero attached hydrogens (tertiary/aromatic N) is 4. The van der Waals surface area contributed by atoms with Gasteiger partial charge in [-0.15, -0.1) is 0 Å².